The van der Waals surface area contributed by atoms with Crippen LogP contribution in [0.25, 0.3) is 0 Å². The topological polar surface area (TPSA) is 66.8 Å². The fourth-order valence-electron chi connectivity index (χ4n) is 1.63. The number of nitrogens with zero attached hydrogens (tertiary/aromatic N) is 1. The lowest BCUT2D eigenvalue weighted by Crippen LogP contribution is -2.38. The average Bonchev–Trinajstić information content (AvgIpc) is 2.44. The highest BCUT2D eigenvalue weighted by Gasteiger charge is 2.15. The molecule has 0 aromatic heterocycles. The summed E-state index contributed by atoms with van der Waals surface area (Å²) in [5, 5.41) is 8.73. The van der Waals surface area contributed by atoms with Crippen LogP contribution in [-0.2, 0) is 16.0 Å². The van der Waals surface area contributed by atoms with Crippen molar-refractivity contribution >= 4 is 11.9 Å². The number of benzene rings is 1. The monoisotopic (exact) mass is 277 g/mol. The number of rotatable bonds is 8. The molecule has 0 saturated heterocycles. The van der Waals surface area contributed by atoms with Crippen LogP contribution >= 0.6 is 0 Å². The Balaban J connectivity index is 2.54. The molecule has 0 aliphatic rings. The summed E-state index contributed by atoms with van der Waals surface area (Å²) in [6.07, 6.45) is 2.42. The Morgan fingerprint density at radius 2 is 2.00 bits per heavy atom. The van der Waals surface area contributed by atoms with E-state index in [9.17, 15) is 9.59 Å². The van der Waals surface area contributed by atoms with Crippen LogP contribution in [-0.4, -0.2) is 41.6 Å². The predicted octanol–water partition coefficient (Wildman–Crippen LogP) is 1.73. The standard InChI is InChI=1S/C15H19NO4/c1-3-9-16(10-15(18)19)14(17)11-20-13-7-5-12(4-2)6-8-13/h3,5-8H,1,4,9-11H2,2H3,(H,18,19). The Labute approximate surface area is 118 Å². The van der Waals surface area contributed by atoms with Gasteiger partial charge in [-0.25, -0.2) is 0 Å². The zero-order chi connectivity index (χ0) is 15.0. The summed E-state index contributed by atoms with van der Waals surface area (Å²) in [6.45, 7) is 5.19. The van der Waals surface area contributed by atoms with Crippen LogP contribution < -0.4 is 4.74 Å². The first kappa shape index (κ1) is 15.8. The van der Waals surface area contributed by atoms with Crippen molar-refractivity contribution < 1.29 is 19.4 Å². The number of amides is 1. The van der Waals surface area contributed by atoms with Gasteiger partial charge in [-0.1, -0.05) is 25.1 Å². The second-order valence-corrected chi connectivity index (χ2v) is 4.24. The third-order valence-corrected chi connectivity index (χ3v) is 2.72. The molecule has 0 atom stereocenters. The summed E-state index contributed by atoms with van der Waals surface area (Å²) in [5.41, 5.74) is 1.18. The van der Waals surface area contributed by atoms with Gasteiger partial charge in [0.1, 0.15) is 12.3 Å². The first-order valence-electron chi connectivity index (χ1n) is 6.39. The highest BCUT2D eigenvalue weighted by atomic mass is 16.5. The summed E-state index contributed by atoms with van der Waals surface area (Å²) in [4.78, 5) is 23.7. The molecule has 0 fully saturated rings. The Hall–Kier alpha value is -2.30. The number of carboxylic acid groups (broad SMARTS) is 1. The van der Waals surface area contributed by atoms with E-state index in [0.717, 1.165) is 6.42 Å². The average molecular weight is 277 g/mol. The van der Waals surface area contributed by atoms with Crippen LogP contribution in [0.2, 0.25) is 0 Å². The molecule has 0 bridgehead atoms. The van der Waals surface area contributed by atoms with Crippen molar-refractivity contribution in [2.24, 2.45) is 0 Å². The summed E-state index contributed by atoms with van der Waals surface area (Å²) in [5.74, 6) is -0.858. The Morgan fingerprint density at radius 1 is 1.35 bits per heavy atom. The largest absolute Gasteiger partial charge is 0.484 e. The number of carbonyl (C=O) groups excluding carboxylic acids is 1. The van der Waals surface area contributed by atoms with Gasteiger partial charge in [0.15, 0.2) is 6.61 Å². The van der Waals surface area contributed by atoms with Gasteiger partial charge in [-0.3, -0.25) is 9.59 Å². The zero-order valence-corrected chi connectivity index (χ0v) is 11.5. The molecule has 1 aromatic rings. The van der Waals surface area contributed by atoms with Crippen LogP contribution in [0.15, 0.2) is 36.9 Å². The van der Waals surface area contributed by atoms with Crippen LogP contribution in [0.4, 0.5) is 0 Å². The number of hydrogen-bond donors (Lipinski definition) is 1. The molecule has 0 aliphatic heterocycles. The predicted molar refractivity (Wildman–Crippen MR) is 75.7 cm³/mol. The highest BCUT2D eigenvalue weighted by Crippen LogP contribution is 2.12. The molecule has 108 valence electrons. The van der Waals surface area contributed by atoms with Crippen LogP contribution in [0.3, 0.4) is 0 Å². The third-order valence-electron chi connectivity index (χ3n) is 2.72. The first-order valence-corrected chi connectivity index (χ1v) is 6.39. The van der Waals surface area contributed by atoms with Crippen molar-refractivity contribution in [1.82, 2.24) is 4.90 Å². The van der Waals surface area contributed by atoms with Gasteiger partial charge in [0.05, 0.1) is 0 Å². The Kier molecular flexibility index (Phi) is 6.29. The Morgan fingerprint density at radius 3 is 2.50 bits per heavy atom. The van der Waals surface area contributed by atoms with Crippen molar-refractivity contribution in [3.8, 4) is 5.75 Å². The molecule has 1 rings (SSSR count). The van der Waals surface area contributed by atoms with Gasteiger partial charge in [-0.2, -0.15) is 0 Å². The third kappa shape index (κ3) is 5.14. The molecule has 5 nitrogen and oxygen atoms in total. The highest BCUT2D eigenvalue weighted by molar-refractivity contribution is 5.82. The van der Waals surface area contributed by atoms with E-state index < -0.39 is 5.97 Å². The number of ether oxygens (including phenoxy) is 1. The van der Waals surface area contributed by atoms with Gasteiger partial charge < -0.3 is 14.7 Å². The molecular weight excluding hydrogens is 258 g/mol. The molecule has 0 unspecified atom stereocenters. The van der Waals surface area contributed by atoms with Gasteiger partial charge in [-0.15, -0.1) is 6.58 Å². The van der Waals surface area contributed by atoms with Gasteiger partial charge in [-0.05, 0) is 24.1 Å². The second-order valence-electron chi connectivity index (χ2n) is 4.24. The maximum atomic E-state index is 11.9. The van der Waals surface area contributed by atoms with Crippen molar-refractivity contribution in [2.45, 2.75) is 13.3 Å². The maximum Gasteiger partial charge on any atom is 0.323 e. The minimum atomic E-state index is -1.06. The summed E-state index contributed by atoms with van der Waals surface area (Å²) in [7, 11) is 0. The van der Waals surface area contributed by atoms with Crippen molar-refractivity contribution in [2.75, 3.05) is 19.7 Å². The molecule has 0 radical (unpaired) electrons. The number of carbonyl (C=O) groups is 2. The number of carboxylic acids is 1. The van der Waals surface area contributed by atoms with Crippen molar-refractivity contribution in [3.63, 3.8) is 0 Å². The fraction of sp³-hybridized carbons (Fsp3) is 0.333. The van der Waals surface area contributed by atoms with Gasteiger partial charge in [0.25, 0.3) is 5.91 Å². The van der Waals surface area contributed by atoms with Crippen LogP contribution in [0, 0.1) is 0 Å². The van der Waals surface area contributed by atoms with E-state index in [0.29, 0.717) is 5.75 Å². The molecule has 5 heteroatoms. The van der Waals surface area contributed by atoms with Gasteiger partial charge in [0, 0.05) is 6.54 Å². The summed E-state index contributed by atoms with van der Waals surface area (Å²) < 4.78 is 5.36. The van der Waals surface area contributed by atoms with E-state index >= 15 is 0 Å². The lowest BCUT2D eigenvalue weighted by Gasteiger charge is -2.18. The van der Waals surface area contributed by atoms with E-state index in [1.165, 1.54) is 16.5 Å². The van der Waals surface area contributed by atoms with E-state index in [2.05, 4.69) is 13.5 Å². The minimum Gasteiger partial charge on any atom is -0.484 e. The number of hydrogen-bond acceptors (Lipinski definition) is 3. The number of aryl methyl sites for hydroxylation is 1. The molecule has 0 heterocycles. The van der Waals surface area contributed by atoms with Crippen LogP contribution in [0.1, 0.15) is 12.5 Å². The molecule has 0 saturated carbocycles. The second kappa shape index (κ2) is 7.99. The molecule has 1 aromatic carbocycles. The quantitative estimate of drug-likeness (QED) is 0.735. The molecule has 0 spiro atoms. The molecule has 1 N–H and O–H groups in total. The minimum absolute atomic E-state index is 0.184. The maximum absolute atomic E-state index is 11.9. The lowest BCUT2D eigenvalue weighted by molar-refractivity contribution is -0.144. The van der Waals surface area contributed by atoms with Gasteiger partial charge >= 0.3 is 5.97 Å². The molecule has 1 amide bonds. The molecule has 20 heavy (non-hydrogen) atoms. The van der Waals surface area contributed by atoms with E-state index in [-0.39, 0.29) is 25.6 Å². The van der Waals surface area contributed by atoms with E-state index in [1.54, 1.807) is 12.1 Å². The van der Waals surface area contributed by atoms with E-state index in [1.807, 2.05) is 12.1 Å². The zero-order valence-electron chi connectivity index (χ0n) is 11.5. The van der Waals surface area contributed by atoms with Crippen molar-refractivity contribution in [3.05, 3.63) is 42.5 Å². The Bertz CT molecular complexity index is 467. The molecular formula is C15H19NO4. The fourth-order valence-corrected chi connectivity index (χ4v) is 1.63. The normalized spacial score (nSPS) is 9.85. The van der Waals surface area contributed by atoms with Crippen LogP contribution in [0.5, 0.6) is 5.75 Å². The summed E-state index contributed by atoms with van der Waals surface area (Å²) in [6, 6.07) is 7.44. The number of aliphatic carboxylic acids is 1. The van der Waals surface area contributed by atoms with Gasteiger partial charge in [0.2, 0.25) is 0 Å². The first-order chi connectivity index (χ1) is 9.56. The molecule has 0 aliphatic carbocycles. The van der Waals surface area contributed by atoms with Crippen molar-refractivity contribution in [1.29, 1.82) is 0 Å². The summed E-state index contributed by atoms with van der Waals surface area (Å²) >= 11 is 0. The van der Waals surface area contributed by atoms with E-state index in [4.69, 9.17) is 9.84 Å². The SMILES string of the molecule is C=CCN(CC(=O)O)C(=O)COc1ccc(CC)cc1. The lowest BCUT2D eigenvalue weighted by atomic mass is 10.2. The smallest absolute Gasteiger partial charge is 0.323 e.